The lowest BCUT2D eigenvalue weighted by molar-refractivity contribution is 0.888. The second-order valence-electron chi connectivity index (χ2n) is 4.13. The molecule has 0 aromatic carbocycles. The van der Waals surface area contributed by atoms with E-state index in [-0.39, 0.29) is 0 Å². The minimum atomic E-state index is 0.325. The van der Waals surface area contributed by atoms with Gasteiger partial charge in [-0.3, -0.25) is 0 Å². The standard InChI is InChI=1S/C13H15ClN4S/c1-9(8-19-2)17-13-16-6-4-11(18-13)10-3-5-15-12(14)7-10/h3-7,9H,8H2,1-2H3,(H,16,17,18). The van der Waals surface area contributed by atoms with Gasteiger partial charge >= 0.3 is 0 Å². The molecule has 2 aromatic heterocycles. The second kappa shape index (κ2) is 6.73. The highest BCUT2D eigenvalue weighted by molar-refractivity contribution is 7.98. The van der Waals surface area contributed by atoms with Crippen molar-refractivity contribution >= 4 is 29.3 Å². The van der Waals surface area contributed by atoms with Crippen LogP contribution in [0.5, 0.6) is 0 Å². The van der Waals surface area contributed by atoms with Gasteiger partial charge in [0.05, 0.1) is 5.69 Å². The highest BCUT2D eigenvalue weighted by atomic mass is 35.5. The van der Waals surface area contributed by atoms with E-state index in [0.717, 1.165) is 17.0 Å². The minimum Gasteiger partial charge on any atom is -0.351 e. The summed E-state index contributed by atoms with van der Waals surface area (Å²) in [5, 5.41) is 3.74. The number of hydrogen-bond acceptors (Lipinski definition) is 5. The van der Waals surface area contributed by atoms with Crippen molar-refractivity contribution in [2.75, 3.05) is 17.3 Å². The van der Waals surface area contributed by atoms with E-state index in [0.29, 0.717) is 17.1 Å². The quantitative estimate of drug-likeness (QED) is 0.857. The molecule has 100 valence electrons. The Morgan fingerprint density at radius 1 is 1.32 bits per heavy atom. The average molecular weight is 295 g/mol. The molecule has 1 N–H and O–H groups in total. The number of thioether (sulfide) groups is 1. The van der Waals surface area contributed by atoms with E-state index in [4.69, 9.17) is 11.6 Å². The minimum absolute atomic E-state index is 0.325. The molecule has 4 nitrogen and oxygen atoms in total. The fraction of sp³-hybridized carbons (Fsp3) is 0.308. The third-order valence-electron chi connectivity index (χ3n) is 2.47. The highest BCUT2D eigenvalue weighted by Crippen LogP contribution is 2.19. The van der Waals surface area contributed by atoms with Gasteiger partial charge in [-0.1, -0.05) is 11.6 Å². The summed E-state index contributed by atoms with van der Waals surface area (Å²) in [5.41, 5.74) is 1.76. The van der Waals surface area contributed by atoms with Gasteiger partial charge in [0, 0.05) is 29.8 Å². The smallest absolute Gasteiger partial charge is 0.223 e. The third-order valence-corrected chi connectivity index (χ3v) is 3.51. The SMILES string of the molecule is CSCC(C)Nc1nccc(-c2ccnc(Cl)c2)n1. The Hall–Kier alpha value is -1.33. The van der Waals surface area contributed by atoms with E-state index >= 15 is 0 Å². The Labute approximate surface area is 122 Å². The Morgan fingerprint density at radius 2 is 2.11 bits per heavy atom. The van der Waals surface area contributed by atoms with Crippen LogP contribution >= 0.6 is 23.4 Å². The first kappa shape index (κ1) is 14.1. The number of halogens is 1. The van der Waals surface area contributed by atoms with Crippen molar-refractivity contribution in [2.45, 2.75) is 13.0 Å². The van der Waals surface area contributed by atoms with Crippen LogP contribution in [0.15, 0.2) is 30.6 Å². The van der Waals surface area contributed by atoms with Crippen LogP contribution in [0.25, 0.3) is 11.3 Å². The molecule has 0 fully saturated rings. The summed E-state index contributed by atoms with van der Waals surface area (Å²) >= 11 is 7.67. The molecule has 0 saturated carbocycles. The van der Waals surface area contributed by atoms with Gasteiger partial charge < -0.3 is 5.32 Å². The lowest BCUT2D eigenvalue weighted by atomic mass is 10.2. The van der Waals surface area contributed by atoms with Crippen molar-refractivity contribution in [2.24, 2.45) is 0 Å². The summed E-state index contributed by atoms with van der Waals surface area (Å²) in [5.74, 6) is 1.64. The molecule has 2 aromatic rings. The van der Waals surface area contributed by atoms with Crippen molar-refractivity contribution in [3.05, 3.63) is 35.7 Å². The van der Waals surface area contributed by atoms with Gasteiger partial charge in [0.2, 0.25) is 5.95 Å². The summed E-state index contributed by atoms with van der Waals surface area (Å²) in [7, 11) is 0. The van der Waals surface area contributed by atoms with Gasteiger partial charge in [-0.2, -0.15) is 11.8 Å². The summed E-state index contributed by atoms with van der Waals surface area (Å²) < 4.78 is 0. The third kappa shape index (κ3) is 4.08. The van der Waals surface area contributed by atoms with Gasteiger partial charge in [0.1, 0.15) is 5.15 Å². The van der Waals surface area contributed by atoms with Crippen LogP contribution in [0.4, 0.5) is 5.95 Å². The molecule has 0 amide bonds. The summed E-state index contributed by atoms with van der Waals surface area (Å²) in [6.07, 6.45) is 5.49. The largest absolute Gasteiger partial charge is 0.351 e. The molecular formula is C13H15ClN4S. The van der Waals surface area contributed by atoms with E-state index < -0.39 is 0 Å². The Bertz CT molecular complexity index is 550. The molecule has 19 heavy (non-hydrogen) atoms. The number of pyridine rings is 1. The number of anilines is 1. The first-order valence-electron chi connectivity index (χ1n) is 5.89. The molecule has 2 heterocycles. The molecule has 0 aliphatic carbocycles. The van der Waals surface area contributed by atoms with Crippen molar-refractivity contribution in [1.29, 1.82) is 0 Å². The number of rotatable bonds is 5. The number of nitrogens with zero attached hydrogens (tertiary/aromatic N) is 3. The first-order valence-corrected chi connectivity index (χ1v) is 7.66. The normalized spacial score (nSPS) is 12.2. The molecule has 0 spiro atoms. The fourth-order valence-electron chi connectivity index (χ4n) is 1.66. The zero-order chi connectivity index (χ0) is 13.7. The van der Waals surface area contributed by atoms with Gasteiger partial charge in [-0.05, 0) is 31.4 Å². The summed E-state index contributed by atoms with van der Waals surface area (Å²) in [6, 6.07) is 5.85. The summed E-state index contributed by atoms with van der Waals surface area (Å²) in [6.45, 7) is 2.11. The molecule has 0 saturated heterocycles. The lowest BCUT2D eigenvalue weighted by Crippen LogP contribution is -2.19. The van der Waals surface area contributed by atoms with Gasteiger partial charge in [-0.15, -0.1) is 0 Å². The maximum atomic E-state index is 5.89. The number of aromatic nitrogens is 3. The predicted molar refractivity (Wildman–Crippen MR) is 81.7 cm³/mol. The second-order valence-corrected chi connectivity index (χ2v) is 5.43. The molecule has 1 atom stereocenters. The van der Waals surface area contributed by atoms with Crippen molar-refractivity contribution in [3.8, 4) is 11.3 Å². The van der Waals surface area contributed by atoms with Crippen LogP contribution in [0, 0.1) is 0 Å². The van der Waals surface area contributed by atoms with Crippen LogP contribution < -0.4 is 5.32 Å². The topological polar surface area (TPSA) is 50.7 Å². The predicted octanol–water partition coefficient (Wildman–Crippen LogP) is 3.36. The molecule has 0 aliphatic rings. The summed E-state index contributed by atoms with van der Waals surface area (Å²) in [4.78, 5) is 12.7. The highest BCUT2D eigenvalue weighted by Gasteiger charge is 2.06. The fourth-order valence-corrected chi connectivity index (χ4v) is 2.42. The number of nitrogens with one attached hydrogen (secondary N) is 1. The van der Waals surface area contributed by atoms with E-state index in [1.54, 1.807) is 30.2 Å². The molecule has 1 unspecified atom stereocenters. The Morgan fingerprint density at radius 3 is 2.84 bits per heavy atom. The van der Waals surface area contributed by atoms with E-state index in [9.17, 15) is 0 Å². The zero-order valence-corrected chi connectivity index (χ0v) is 12.4. The van der Waals surface area contributed by atoms with E-state index in [1.165, 1.54) is 0 Å². The Balaban J connectivity index is 2.19. The van der Waals surface area contributed by atoms with Gasteiger partial charge in [0.25, 0.3) is 0 Å². The van der Waals surface area contributed by atoms with Crippen LogP contribution in [-0.4, -0.2) is 33.0 Å². The van der Waals surface area contributed by atoms with Gasteiger partial charge in [0.15, 0.2) is 0 Å². The van der Waals surface area contributed by atoms with Crippen LogP contribution in [0.2, 0.25) is 5.15 Å². The molecule has 2 rings (SSSR count). The van der Waals surface area contributed by atoms with E-state index in [2.05, 4.69) is 33.4 Å². The molecule has 0 bridgehead atoms. The first-order chi connectivity index (χ1) is 9.19. The lowest BCUT2D eigenvalue weighted by Gasteiger charge is -2.12. The number of hydrogen-bond donors (Lipinski definition) is 1. The Kier molecular flexibility index (Phi) is 4.99. The van der Waals surface area contributed by atoms with Gasteiger partial charge in [-0.25, -0.2) is 15.0 Å². The van der Waals surface area contributed by atoms with E-state index in [1.807, 2.05) is 12.1 Å². The van der Waals surface area contributed by atoms with Crippen LogP contribution in [0.1, 0.15) is 6.92 Å². The molecule has 0 radical (unpaired) electrons. The molecule has 6 heteroatoms. The van der Waals surface area contributed by atoms with Crippen molar-refractivity contribution in [3.63, 3.8) is 0 Å². The zero-order valence-electron chi connectivity index (χ0n) is 10.8. The molecular weight excluding hydrogens is 280 g/mol. The molecule has 0 aliphatic heterocycles. The van der Waals surface area contributed by atoms with Crippen LogP contribution in [0.3, 0.4) is 0 Å². The van der Waals surface area contributed by atoms with Crippen molar-refractivity contribution in [1.82, 2.24) is 15.0 Å². The maximum absolute atomic E-state index is 5.89. The maximum Gasteiger partial charge on any atom is 0.223 e. The van der Waals surface area contributed by atoms with Crippen LogP contribution in [-0.2, 0) is 0 Å². The average Bonchev–Trinajstić information content (AvgIpc) is 2.39. The van der Waals surface area contributed by atoms with Crippen molar-refractivity contribution < 1.29 is 0 Å². The monoisotopic (exact) mass is 294 g/mol.